The molecule has 1 saturated carbocycles. The average molecular weight is 279 g/mol. The molecule has 0 aromatic carbocycles. The van der Waals surface area contributed by atoms with Gasteiger partial charge >= 0.3 is 0 Å². The summed E-state index contributed by atoms with van der Waals surface area (Å²) in [5.74, 6) is 0.752. The van der Waals surface area contributed by atoms with E-state index in [1.165, 1.54) is 25.7 Å². The Morgan fingerprint density at radius 3 is 2.79 bits per heavy atom. The van der Waals surface area contributed by atoms with Crippen molar-refractivity contribution in [2.24, 2.45) is 5.92 Å². The Hall–Kier alpha value is -1.09. The number of hydrogen-bond acceptors (Lipinski definition) is 2. The van der Waals surface area contributed by atoms with Crippen molar-refractivity contribution in [1.82, 2.24) is 9.88 Å². The summed E-state index contributed by atoms with van der Waals surface area (Å²) in [7, 11) is 0. The van der Waals surface area contributed by atoms with Crippen LogP contribution in [-0.4, -0.2) is 28.4 Å². The summed E-state index contributed by atoms with van der Waals surface area (Å²) in [5, 5.41) is 0.579. The molecule has 19 heavy (non-hydrogen) atoms. The SMILES string of the molecule is O=C(c1cc(Cl)ccn1)N1CCCC1C1CCCC1. The Bertz CT molecular complexity index is 471. The fraction of sp³-hybridized carbons (Fsp3) is 0.600. The number of carbonyl (C=O) groups is 1. The van der Waals surface area contributed by atoms with Gasteiger partial charge in [0.15, 0.2) is 0 Å². The average Bonchev–Trinajstić information content (AvgIpc) is 3.08. The van der Waals surface area contributed by atoms with Gasteiger partial charge in [-0.25, -0.2) is 0 Å². The molecule has 1 saturated heterocycles. The van der Waals surface area contributed by atoms with E-state index in [0.717, 1.165) is 19.4 Å². The molecular formula is C15H19ClN2O. The largest absolute Gasteiger partial charge is 0.334 e. The fourth-order valence-corrected chi connectivity index (χ4v) is 3.71. The Morgan fingerprint density at radius 2 is 2.05 bits per heavy atom. The van der Waals surface area contributed by atoms with Gasteiger partial charge in [-0.3, -0.25) is 9.78 Å². The lowest BCUT2D eigenvalue weighted by Gasteiger charge is -2.29. The topological polar surface area (TPSA) is 33.2 Å². The second kappa shape index (κ2) is 5.49. The van der Waals surface area contributed by atoms with Crippen LogP contribution in [0.5, 0.6) is 0 Å². The zero-order chi connectivity index (χ0) is 13.2. The maximum atomic E-state index is 12.6. The first-order valence-corrected chi connectivity index (χ1v) is 7.56. The molecule has 1 atom stereocenters. The first kappa shape index (κ1) is 12.9. The fourth-order valence-electron chi connectivity index (χ4n) is 3.55. The van der Waals surface area contributed by atoms with Crippen molar-refractivity contribution in [2.75, 3.05) is 6.54 Å². The molecule has 0 N–H and O–H groups in total. The molecule has 0 spiro atoms. The third-order valence-electron chi connectivity index (χ3n) is 4.45. The molecular weight excluding hydrogens is 260 g/mol. The zero-order valence-corrected chi connectivity index (χ0v) is 11.8. The van der Waals surface area contributed by atoms with E-state index in [2.05, 4.69) is 4.98 Å². The summed E-state index contributed by atoms with van der Waals surface area (Å²) in [4.78, 5) is 18.8. The molecule has 3 rings (SSSR count). The number of likely N-dealkylation sites (tertiary alicyclic amines) is 1. The Balaban J connectivity index is 1.78. The van der Waals surface area contributed by atoms with Crippen LogP contribution >= 0.6 is 11.6 Å². The normalized spacial score (nSPS) is 24.1. The number of nitrogens with zero attached hydrogens (tertiary/aromatic N) is 2. The summed E-state index contributed by atoms with van der Waals surface area (Å²) < 4.78 is 0. The van der Waals surface area contributed by atoms with Gasteiger partial charge in [0.05, 0.1) is 0 Å². The summed E-state index contributed by atoms with van der Waals surface area (Å²) in [6.45, 7) is 0.869. The Labute approximate surface area is 119 Å². The highest BCUT2D eigenvalue weighted by atomic mass is 35.5. The van der Waals surface area contributed by atoms with E-state index in [0.29, 0.717) is 22.7 Å². The minimum atomic E-state index is 0.0527. The summed E-state index contributed by atoms with van der Waals surface area (Å²) >= 11 is 5.95. The van der Waals surface area contributed by atoms with E-state index in [4.69, 9.17) is 11.6 Å². The molecule has 2 heterocycles. The van der Waals surface area contributed by atoms with E-state index >= 15 is 0 Å². The van der Waals surface area contributed by atoms with Crippen molar-refractivity contribution < 1.29 is 4.79 Å². The lowest BCUT2D eigenvalue weighted by atomic mass is 9.96. The molecule has 4 heteroatoms. The molecule has 2 aliphatic rings. The van der Waals surface area contributed by atoms with Crippen molar-refractivity contribution in [3.05, 3.63) is 29.0 Å². The van der Waals surface area contributed by atoms with Crippen LogP contribution in [0.1, 0.15) is 49.0 Å². The maximum absolute atomic E-state index is 12.6. The van der Waals surface area contributed by atoms with Gasteiger partial charge in [0, 0.05) is 23.8 Å². The minimum Gasteiger partial charge on any atom is -0.334 e. The van der Waals surface area contributed by atoms with Gasteiger partial charge in [-0.1, -0.05) is 24.4 Å². The van der Waals surface area contributed by atoms with Gasteiger partial charge in [-0.15, -0.1) is 0 Å². The van der Waals surface area contributed by atoms with Gasteiger partial charge < -0.3 is 4.90 Å². The van der Waals surface area contributed by atoms with Crippen LogP contribution in [0, 0.1) is 5.92 Å². The number of halogens is 1. The van der Waals surface area contributed by atoms with Crippen LogP contribution in [0.15, 0.2) is 18.3 Å². The predicted molar refractivity (Wildman–Crippen MR) is 75.3 cm³/mol. The minimum absolute atomic E-state index is 0.0527. The van der Waals surface area contributed by atoms with Crippen LogP contribution in [0.4, 0.5) is 0 Å². The second-order valence-electron chi connectivity index (χ2n) is 5.61. The maximum Gasteiger partial charge on any atom is 0.272 e. The standard InChI is InChI=1S/C15H19ClN2O/c16-12-7-8-17-13(10-12)15(19)18-9-3-6-14(18)11-4-1-2-5-11/h7-8,10-11,14H,1-6,9H2. The van der Waals surface area contributed by atoms with Crippen LogP contribution in [-0.2, 0) is 0 Å². The van der Waals surface area contributed by atoms with Crippen molar-refractivity contribution in [1.29, 1.82) is 0 Å². The van der Waals surface area contributed by atoms with Crippen molar-refractivity contribution in [3.8, 4) is 0 Å². The molecule has 1 amide bonds. The predicted octanol–water partition coefficient (Wildman–Crippen LogP) is 3.53. The van der Waals surface area contributed by atoms with Gasteiger partial charge in [-0.2, -0.15) is 0 Å². The second-order valence-corrected chi connectivity index (χ2v) is 6.05. The molecule has 0 radical (unpaired) electrons. The third-order valence-corrected chi connectivity index (χ3v) is 4.68. The number of pyridine rings is 1. The highest BCUT2D eigenvalue weighted by Crippen LogP contribution is 2.35. The molecule has 1 aliphatic heterocycles. The molecule has 2 fully saturated rings. The molecule has 1 unspecified atom stereocenters. The number of hydrogen-bond donors (Lipinski definition) is 0. The first-order chi connectivity index (χ1) is 9.25. The lowest BCUT2D eigenvalue weighted by Crippen LogP contribution is -2.39. The Kier molecular flexibility index (Phi) is 3.74. The number of rotatable bonds is 2. The Morgan fingerprint density at radius 1 is 1.26 bits per heavy atom. The number of aromatic nitrogens is 1. The van der Waals surface area contributed by atoms with E-state index in [-0.39, 0.29) is 5.91 Å². The molecule has 1 aromatic rings. The molecule has 3 nitrogen and oxygen atoms in total. The van der Waals surface area contributed by atoms with Gasteiger partial charge in [0.1, 0.15) is 5.69 Å². The summed E-state index contributed by atoms with van der Waals surface area (Å²) in [6.07, 6.45) is 9.06. The van der Waals surface area contributed by atoms with Crippen LogP contribution < -0.4 is 0 Å². The van der Waals surface area contributed by atoms with E-state index in [9.17, 15) is 4.79 Å². The number of amides is 1. The third kappa shape index (κ3) is 2.62. The molecule has 1 aliphatic carbocycles. The molecule has 1 aromatic heterocycles. The highest BCUT2D eigenvalue weighted by Gasteiger charge is 2.36. The van der Waals surface area contributed by atoms with E-state index < -0.39 is 0 Å². The van der Waals surface area contributed by atoms with E-state index in [1.54, 1.807) is 18.3 Å². The van der Waals surface area contributed by atoms with E-state index in [1.807, 2.05) is 4.90 Å². The van der Waals surface area contributed by atoms with Crippen LogP contribution in [0.25, 0.3) is 0 Å². The van der Waals surface area contributed by atoms with Gasteiger partial charge in [0.2, 0.25) is 0 Å². The summed E-state index contributed by atoms with van der Waals surface area (Å²) in [5.41, 5.74) is 0.484. The van der Waals surface area contributed by atoms with Crippen molar-refractivity contribution in [2.45, 2.75) is 44.6 Å². The molecule has 102 valence electrons. The van der Waals surface area contributed by atoms with Crippen molar-refractivity contribution in [3.63, 3.8) is 0 Å². The highest BCUT2D eigenvalue weighted by molar-refractivity contribution is 6.30. The molecule has 0 bridgehead atoms. The monoisotopic (exact) mass is 278 g/mol. The first-order valence-electron chi connectivity index (χ1n) is 7.18. The lowest BCUT2D eigenvalue weighted by molar-refractivity contribution is 0.0683. The van der Waals surface area contributed by atoms with Crippen LogP contribution in [0.3, 0.4) is 0 Å². The zero-order valence-electron chi connectivity index (χ0n) is 11.0. The summed E-state index contributed by atoms with van der Waals surface area (Å²) in [6, 6.07) is 3.81. The van der Waals surface area contributed by atoms with Crippen molar-refractivity contribution >= 4 is 17.5 Å². The quantitative estimate of drug-likeness (QED) is 0.829. The van der Waals surface area contributed by atoms with Gasteiger partial charge in [-0.05, 0) is 43.7 Å². The van der Waals surface area contributed by atoms with Crippen LogP contribution in [0.2, 0.25) is 5.02 Å². The van der Waals surface area contributed by atoms with Gasteiger partial charge in [0.25, 0.3) is 5.91 Å². The number of carbonyl (C=O) groups excluding carboxylic acids is 1. The smallest absolute Gasteiger partial charge is 0.272 e.